The minimum atomic E-state index is -0.830. The fraction of sp³-hybridized carbons (Fsp3) is 0.120. The van der Waals surface area contributed by atoms with Crippen LogP contribution in [0.4, 0.5) is 5.69 Å². The number of amides is 3. The van der Waals surface area contributed by atoms with Gasteiger partial charge in [0.25, 0.3) is 5.91 Å². The molecule has 2 aromatic heterocycles. The first kappa shape index (κ1) is 21.8. The first-order valence-corrected chi connectivity index (χ1v) is 10.5. The van der Waals surface area contributed by atoms with Gasteiger partial charge < -0.3 is 20.9 Å². The molecule has 0 fully saturated rings. The molecule has 8 heteroatoms. The minimum Gasteiger partial charge on any atom is -0.361 e. The second-order valence-corrected chi connectivity index (χ2v) is 7.40. The molecule has 2 heterocycles. The molecule has 0 saturated carbocycles. The largest absolute Gasteiger partial charge is 0.361 e. The van der Waals surface area contributed by atoms with Crippen molar-refractivity contribution in [1.82, 2.24) is 20.6 Å². The average molecular weight is 441 g/mol. The molecule has 2 aromatic carbocycles. The number of rotatable bonds is 7. The topological polar surface area (TPSA) is 116 Å². The zero-order valence-corrected chi connectivity index (χ0v) is 17.8. The van der Waals surface area contributed by atoms with Gasteiger partial charge in [-0.2, -0.15) is 0 Å². The summed E-state index contributed by atoms with van der Waals surface area (Å²) in [4.78, 5) is 44.4. The Balaban J connectivity index is 1.32. The Labute approximate surface area is 190 Å². The number of aromatic amines is 1. The van der Waals surface area contributed by atoms with Gasteiger partial charge in [0.05, 0.1) is 11.3 Å². The summed E-state index contributed by atoms with van der Waals surface area (Å²) in [5.41, 5.74) is 3.51. The molecule has 4 rings (SSSR count). The molecule has 0 spiro atoms. The number of hydrogen-bond donors (Lipinski definition) is 4. The zero-order valence-electron chi connectivity index (χ0n) is 17.8. The Morgan fingerprint density at radius 3 is 2.45 bits per heavy atom. The Morgan fingerprint density at radius 2 is 1.61 bits per heavy atom. The molecule has 4 N–H and O–H groups in total. The van der Waals surface area contributed by atoms with Crippen molar-refractivity contribution in [3.8, 4) is 0 Å². The van der Waals surface area contributed by atoms with Gasteiger partial charge in [-0.05, 0) is 47.9 Å². The van der Waals surface area contributed by atoms with Crippen LogP contribution in [0, 0.1) is 0 Å². The molecule has 0 atom stereocenters. The smallest absolute Gasteiger partial charge is 0.313 e. The van der Waals surface area contributed by atoms with Crippen LogP contribution in [0.1, 0.15) is 21.5 Å². The number of para-hydroxylation sites is 2. The number of H-pyrrole nitrogens is 1. The van der Waals surface area contributed by atoms with E-state index in [1.165, 1.54) is 0 Å². The number of nitrogens with zero attached hydrogens (tertiary/aromatic N) is 1. The van der Waals surface area contributed by atoms with Crippen LogP contribution in [0.2, 0.25) is 0 Å². The molecule has 33 heavy (non-hydrogen) atoms. The second kappa shape index (κ2) is 10.2. The van der Waals surface area contributed by atoms with Crippen molar-refractivity contribution >= 4 is 34.3 Å². The molecule has 3 amide bonds. The molecule has 166 valence electrons. The maximum atomic E-state index is 12.6. The first-order chi connectivity index (χ1) is 16.1. The molecule has 0 aliphatic heterocycles. The Bertz CT molecular complexity index is 1280. The van der Waals surface area contributed by atoms with Gasteiger partial charge in [0.1, 0.15) is 0 Å². The van der Waals surface area contributed by atoms with E-state index in [-0.39, 0.29) is 17.2 Å². The quantitative estimate of drug-likeness (QED) is 0.330. The minimum absolute atomic E-state index is 0.265. The summed E-state index contributed by atoms with van der Waals surface area (Å²) in [5, 5.41) is 9.05. The Hall–Kier alpha value is -4.46. The Morgan fingerprint density at radius 1 is 0.848 bits per heavy atom. The molecule has 0 bridgehead atoms. The molecule has 0 radical (unpaired) electrons. The summed E-state index contributed by atoms with van der Waals surface area (Å²) in [7, 11) is 0. The van der Waals surface area contributed by atoms with Crippen LogP contribution in [-0.4, -0.2) is 34.2 Å². The van der Waals surface area contributed by atoms with E-state index >= 15 is 0 Å². The van der Waals surface area contributed by atoms with Gasteiger partial charge in [-0.15, -0.1) is 0 Å². The van der Waals surface area contributed by atoms with E-state index in [1.54, 1.807) is 48.8 Å². The lowest BCUT2D eigenvalue weighted by molar-refractivity contribution is -0.136. The number of fused-ring (bicyclic) bond motifs is 1. The zero-order chi connectivity index (χ0) is 23.0. The summed E-state index contributed by atoms with van der Waals surface area (Å²) < 4.78 is 0. The monoisotopic (exact) mass is 441 g/mol. The molecule has 0 saturated heterocycles. The van der Waals surface area contributed by atoms with Crippen molar-refractivity contribution in [1.29, 1.82) is 0 Å². The van der Waals surface area contributed by atoms with Crippen LogP contribution < -0.4 is 16.0 Å². The van der Waals surface area contributed by atoms with Gasteiger partial charge in [-0.25, -0.2) is 0 Å². The van der Waals surface area contributed by atoms with Crippen LogP contribution in [0.3, 0.4) is 0 Å². The number of pyridine rings is 1. The maximum Gasteiger partial charge on any atom is 0.313 e. The first-order valence-electron chi connectivity index (χ1n) is 10.5. The number of nitrogens with one attached hydrogen (secondary N) is 4. The third-order valence-corrected chi connectivity index (χ3v) is 5.18. The number of anilines is 1. The van der Waals surface area contributed by atoms with E-state index in [4.69, 9.17) is 0 Å². The van der Waals surface area contributed by atoms with Crippen molar-refractivity contribution in [2.45, 2.75) is 13.0 Å². The normalized spacial score (nSPS) is 10.5. The van der Waals surface area contributed by atoms with Crippen molar-refractivity contribution < 1.29 is 14.4 Å². The summed E-state index contributed by atoms with van der Waals surface area (Å²) in [6.07, 6.45) is 5.77. The fourth-order valence-corrected chi connectivity index (χ4v) is 3.48. The van der Waals surface area contributed by atoms with Crippen molar-refractivity contribution in [2.24, 2.45) is 0 Å². The maximum absolute atomic E-state index is 12.6. The van der Waals surface area contributed by atoms with Crippen LogP contribution in [0.5, 0.6) is 0 Å². The highest BCUT2D eigenvalue weighted by molar-refractivity contribution is 6.40. The highest BCUT2D eigenvalue weighted by Gasteiger charge is 2.17. The summed E-state index contributed by atoms with van der Waals surface area (Å²) in [5.74, 6) is -1.95. The summed E-state index contributed by atoms with van der Waals surface area (Å²) in [6, 6.07) is 18.0. The van der Waals surface area contributed by atoms with Crippen LogP contribution in [0.25, 0.3) is 10.9 Å². The van der Waals surface area contributed by atoms with E-state index < -0.39 is 11.8 Å². The lowest BCUT2D eigenvalue weighted by Crippen LogP contribution is -2.37. The van der Waals surface area contributed by atoms with E-state index in [2.05, 4.69) is 25.9 Å². The lowest BCUT2D eigenvalue weighted by Gasteiger charge is -2.11. The lowest BCUT2D eigenvalue weighted by atomic mass is 10.1. The van der Waals surface area contributed by atoms with Crippen LogP contribution >= 0.6 is 0 Å². The average Bonchev–Trinajstić information content (AvgIpc) is 3.26. The number of carbonyl (C=O) groups is 3. The summed E-state index contributed by atoms with van der Waals surface area (Å²) >= 11 is 0. The molecule has 0 unspecified atom stereocenters. The van der Waals surface area contributed by atoms with Crippen molar-refractivity contribution in [3.05, 3.63) is 95.9 Å². The van der Waals surface area contributed by atoms with E-state index in [9.17, 15) is 14.4 Å². The second-order valence-electron chi connectivity index (χ2n) is 7.40. The van der Waals surface area contributed by atoms with E-state index in [1.807, 2.05) is 30.5 Å². The fourth-order valence-electron chi connectivity index (χ4n) is 3.48. The highest BCUT2D eigenvalue weighted by Crippen LogP contribution is 2.18. The van der Waals surface area contributed by atoms with Crippen LogP contribution in [0.15, 0.2) is 79.3 Å². The predicted octanol–water partition coefficient (Wildman–Crippen LogP) is 2.79. The number of hydrogen-bond acceptors (Lipinski definition) is 4. The molecule has 4 aromatic rings. The van der Waals surface area contributed by atoms with Crippen LogP contribution in [-0.2, 0) is 22.6 Å². The molecular weight excluding hydrogens is 418 g/mol. The predicted molar refractivity (Wildman–Crippen MR) is 125 cm³/mol. The number of carbonyl (C=O) groups excluding carboxylic acids is 3. The van der Waals surface area contributed by atoms with Gasteiger partial charge in [-0.1, -0.05) is 30.3 Å². The Kier molecular flexibility index (Phi) is 6.75. The standard InChI is InChI=1S/C25H23N5O3/c31-23(29-15-17-9-12-26-13-10-17)20-6-2-4-8-22(20)30-25(33)24(32)27-14-11-18-16-28-21-7-3-1-5-19(18)21/h1-10,12-13,16,28H,11,14-15H2,(H,27,32)(H,29,31)(H,30,33). The third kappa shape index (κ3) is 5.43. The van der Waals surface area contributed by atoms with Gasteiger partial charge in [-0.3, -0.25) is 19.4 Å². The van der Waals surface area contributed by atoms with Crippen molar-refractivity contribution in [2.75, 3.05) is 11.9 Å². The number of aromatic nitrogens is 2. The van der Waals surface area contributed by atoms with E-state index in [0.29, 0.717) is 19.5 Å². The third-order valence-electron chi connectivity index (χ3n) is 5.18. The van der Waals surface area contributed by atoms with Gasteiger partial charge in [0.15, 0.2) is 0 Å². The SMILES string of the molecule is O=C(NCCc1c[nH]c2ccccc12)C(=O)Nc1ccccc1C(=O)NCc1ccncc1. The highest BCUT2D eigenvalue weighted by atomic mass is 16.2. The molecule has 0 aliphatic carbocycles. The number of benzene rings is 2. The molecule has 8 nitrogen and oxygen atoms in total. The van der Waals surface area contributed by atoms with Gasteiger partial charge in [0, 0.05) is 42.6 Å². The van der Waals surface area contributed by atoms with Gasteiger partial charge in [0.2, 0.25) is 0 Å². The van der Waals surface area contributed by atoms with Gasteiger partial charge >= 0.3 is 11.8 Å². The summed E-state index contributed by atoms with van der Waals surface area (Å²) in [6.45, 7) is 0.625. The molecular formula is C25H23N5O3. The molecule has 0 aliphatic rings. The van der Waals surface area contributed by atoms with E-state index in [0.717, 1.165) is 22.0 Å². The van der Waals surface area contributed by atoms with Crippen molar-refractivity contribution in [3.63, 3.8) is 0 Å².